The van der Waals surface area contributed by atoms with Gasteiger partial charge in [0.1, 0.15) is 0 Å². The molecule has 1 atom stereocenters. The Bertz CT molecular complexity index is 370. The van der Waals surface area contributed by atoms with Crippen LogP contribution in [0.25, 0.3) is 0 Å². The molecule has 1 aromatic rings. The smallest absolute Gasteiger partial charge is 0.0748 e. The van der Waals surface area contributed by atoms with E-state index in [4.69, 9.17) is 22.1 Å². The van der Waals surface area contributed by atoms with Crippen molar-refractivity contribution in [1.29, 1.82) is 0 Å². The van der Waals surface area contributed by atoms with Gasteiger partial charge in [-0.1, -0.05) is 18.5 Å². The molecule has 1 heterocycles. The van der Waals surface area contributed by atoms with Gasteiger partial charge in [0.25, 0.3) is 0 Å². The second-order valence-electron chi connectivity index (χ2n) is 4.05. The average Bonchev–Trinajstić information content (AvgIpc) is 2.32. The van der Waals surface area contributed by atoms with Crippen LogP contribution in [0, 0.1) is 0 Å². The second kappa shape index (κ2) is 4.93. The fourth-order valence-electron chi connectivity index (χ4n) is 1.98. The average molecular weight is 241 g/mol. The van der Waals surface area contributed by atoms with Crippen LogP contribution >= 0.6 is 11.6 Å². The molecule has 0 spiro atoms. The van der Waals surface area contributed by atoms with Gasteiger partial charge in [-0.15, -0.1) is 0 Å². The van der Waals surface area contributed by atoms with Crippen LogP contribution in [0.4, 0.5) is 11.4 Å². The third-order valence-corrected chi connectivity index (χ3v) is 3.16. The van der Waals surface area contributed by atoms with Gasteiger partial charge in [0, 0.05) is 18.1 Å². The lowest BCUT2D eigenvalue weighted by atomic mass is 10.2. The number of nitrogens with two attached hydrogens (primary N) is 1. The number of halogens is 1. The number of anilines is 2. The van der Waals surface area contributed by atoms with E-state index in [0.29, 0.717) is 6.10 Å². The van der Waals surface area contributed by atoms with Crippen LogP contribution in [0.5, 0.6) is 0 Å². The Labute approximate surface area is 101 Å². The molecule has 1 aliphatic heterocycles. The van der Waals surface area contributed by atoms with Crippen molar-refractivity contribution < 1.29 is 4.74 Å². The van der Waals surface area contributed by atoms with Gasteiger partial charge in [-0.3, -0.25) is 0 Å². The van der Waals surface area contributed by atoms with E-state index < -0.39 is 0 Å². The van der Waals surface area contributed by atoms with E-state index in [9.17, 15) is 0 Å². The highest BCUT2D eigenvalue weighted by Crippen LogP contribution is 2.28. The van der Waals surface area contributed by atoms with Crippen molar-refractivity contribution in [3.8, 4) is 0 Å². The molecule has 1 saturated heterocycles. The fourth-order valence-corrected chi connectivity index (χ4v) is 2.14. The summed E-state index contributed by atoms with van der Waals surface area (Å²) < 4.78 is 5.63. The summed E-state index contributed by atoms with van der Waals surface area (Å²) in [6, 6.07) is 5.60. The number of nitrogens with zero attached hydrogens (tertiary/aromatic N) is 1. The highest BCUT2D eigenvalue weighted by molar-refractivity contribution is 6.31. The van der Waals surface area contributed by atoms with Crippen LogP contribution in [0.1, 0.15) is 13.3 Å². The van der Waals surface area contributed by atoms with Gasteiger partial charge in [-0.25, -0.2) is 0 Å². The van der Waals surface area contributed by atoms with Gasteiger partial charge in [0.15, 0.2) is 0 Å². The lowest BCUT2D eigenvalue weighted by Crippen LogP contribution is -2.42. The third-order valence-electron chi connectivity index (χ3n) is 2.93. The molecule has 2 rings (SSSR count). The summed E-state index contributed by atoms with van der Waals surface area (Å²) in [4.78, 5) is 2.25. The van der Waals surface area contributed by atoms with Gasteiger partial charge in [0.05, 0.1) is 24.1 Å². The summed E-state index contributed by atoms with van der Waals surface area (Å²) in [6.45, 7) is 4.65. The molecule has 0 aromatic heterocycles. The van der Waals surface area contributed by atoms with Gasteiger partial charge in [-0.05, 0) is 24.6 Å². The van der Waals surface area contributed by atoms with Gasteiger partial charge >= 0.3 is 0 Å². The molecule has 0 saturated carbocycles. The highest BCUT2D eigenvalue weighted by atomic mass is 35.5. The number of nitrogen functional groups attached to an aromatic ring is 1. The zero-order chi connectivity index (χ0) is 11.5. The number of hydrogen-bond donors (Lipinski definition) is 1. The highest BCUT2D eigenvalue weighted by Gasteiger charge is 2.20. The first-order valence-electron chi connectivity index (χ1n) is 5.62. The van der Waals surface area contributed by atoms with E-state index in [2.05, 4.69) is 11.8 Å². The lowest BCUT2D eigenvalue weighted by molar-refractivity contribution is 0.0385. The summed E-state index contributed by atoms with van der Waals surface area (Å²) in [5.74, 6) is 0. The van der Waals surface area contributed by atoms with E-state index in [-0.39, 0.29) is 0 Å². The summed E-state index contributed by atoms with van der Waals surface area (Å²) >= 11 is 5.99. The number of morpholine rings is 1. The number of benzene rings is 1. The molecule has 1 unspecified atom stereocenters. The minimum atomic E-state index is 0.298. The Morgan fingerprint density at radius 1 is 1.56 bits per heavy atom. The molecular formula is C12H17ClN2O. The Morgan fingerprint density at radius 2 is 2.38 bits per heavy atom. The zero-order valence-electron chi connectivity index (χ0n) is 9.45. The summed E-state index contributed by atoms with van der Waals surface area (Å²) in [5, 5.41) is 0.726. The minimum absolute atomic E-state index is 0.298. The van der Waals surface area contributed by atoms with E-state index >= 15 is 0 Å². The molecule has 0 aliphatic carbocycles. The van der Waals surface area contributed by atoms with E-state index in [1.165, 1.54) is 0 Å². The molecule has 88 valence electrons. The predicted octanol–water partition coefficient (Wildman–Crippen LogP) is 2.54. The Hall–Kier alpha value is -0.930. The number of rotatable bonds is 2. The summed E-state index contributed by atoms with van der Waals surface area (Å²) in [5.41, 5.74) is 7.77. The molecule has 0 bridgehead atoms. The lowest BCUT2D eigenvalue weighted by Gasteiger charge is -2.34. The van der Waals surface area contributed by atoms with Crippen LogP contribution in [0.15, 0.2) is 18.2 Å². The van der Waals surface area contributed by atoms with Crippen LogP contribution in [0.3, 0.4) is 0 Å². The van der Waals surface area contributed by atoms with Crippen molar-refractivity contribution in [3.05, 3.63) is 23.2 Å². The van der Waals surface area contributed by atoms with Gasteiger partial charge in [-0.2, -0.15) is 0 Å². The molecule has 1 fully saturated rings. The zero-order valence-corrected chi connectivity index (χ0v) is 10.2. The van der Waals surface area contributed by atoms with Gasteiger partial charge in [0.2, 0.25) is 0 Å². The van der Waals surface area contributed by atoms with Crippen molar-refractivity contribution in [2.45, 2.75) is 19.4 Å². The van der Waals surface area contributed by atoms with Crippen molar-refractivity contribution in [3.63, 3.8) is 0 Å². The maximum Gasteiger partial charge on any atom is 0.0748 e. The molecule has 4 heteroatoms. The topological polar surface area (TPSA) is 38.5 Å². The van der Waals surface area contributed by atoms with Crippen molar-refractivity contribution in [2.75, 3.05) is 30.3 Å². The first-order valence-corrected chi connectivity index (χ1v) is 6.00. The van der Waals surface area contributed by atoms with Crippen LogP contribution in [-0.2, 0) is 4.74 Å². The normalized spacial score (nSPS) is 21.1. The molecule has 3 nitrogen and oxygen atoms in total. The quantitative estimate of drug-likeness (QED) is 0.808. The molecule has 16 heavy (non-hydrogen) atoms. The van der Waals surface area contributed by atoms with E-state index in [1.54, 1.807) is 0 Å². The number of hydrogen-bond acceptors (Lipinski definition) is 3. The first-order chi connectivity index (χ1) is 7.70. The Kier molecular flexibility index (Phi) is 3.56. The molecule has 1 aromatic carbocycles. The standard InChI is InChI=1S/C12H17ClN2O/c1-2-10-8-15(5-6-16-10)12-7-9(13)3-4-11(12)14/h3-4,7,10H,2,5-6,8,14H2,1H3. The maximum absolute atomic E-state index is 5.99. The Balaban J connectivity index is 2.19. The largest absolute Gasteiger partial charge is 0.397 e. The molecular weight excluding hydrogens is 224 g/mol. The molecule has 0 radical (unpaired) electrons. The van der Waals surface area contributed by atoms with Crippen LogP contribution in [0.2, 0.25) is 5.02 Å². The minimum Gasteiger partial charge on any atom is -0.397 e. The predicted molar refractivity (Wildman–Crippen MR) is 68.1 cm³/mol. The Morgan fingerprint density at radius 3 is 3.12 bits per heavy atom. The monoisotopic (exact) mass is 240 g/mol. The van der Waals surface area contributed by atoms with E-state index in [1.807, 2.05) is 18.2 Å². The van der Waals surface area contributed by atoms with Crippen molar-refractivity contribution in [1.82, 2.24) is 0 Å². The molecule has 2 N–H and O–H groups in total. The van der Waals surface area contributed by atoms with Crippen LogP contribution in [-0.4, -0.2) is 25.8 Å². The summed E-state index contributed by atoms with van der Waals surface area (Å²) in [7, 11) is 0. The third kappa shape index (κ3) is 2.42. The van der Waals surface area contributed by atoms with Gasteiger partial charge < -0.3 is 15.4 Å². The summed E-state index contributed by atoms with van der Waals surface area (Å²) in [6.07, 6.45) is 1.32. The second-order valence-corrected chi connectivity index (χ2v) is 4.49. The first kappa shape index (κ1) is 11.6. The maximum atomic E-state index is 5.99. The van der Waals surface area contributed by atoms with Crippen molar-refractivity contribution in [2.24, 2.45) is 0 Å². The fraction of sp³-hybridized carbons (Fsp3) is 0.500. The number of ether oxygens (including phenoxy) is 1. The SMILES string of the molecule is CCC1CN(c2cc(Cl)ccc2N)CCO1. The molecule has 1 aliphatic rings. The molecule has 0 amide bonds. The van der Waals surface area contributed by atoms with E-state index in [0.717, 1.165) is 42.5 Å². The van der Waals surface area contributed by atoms with Crippen LogP contribution < -0.4 is 10.6 Å². The van der Waals surface area contributed by atoms with Crippen molar-refractivity contribution >= 4 is 23.0 Å².